The van der Waals surface area contributed by atoms with Crippen LogP contribution in [0.15, 0.2) is 53.9 Å². The summed E-state index contributed by atoms with van der Waals surface area (Å²) in [5.41, 5.74) is 1.59. The van der Waals surface area contributed by atoms with Crippen LogP contribution in [0, 0.1) is 5.82 Å². The number of aromatic nitrogens is 1. The van der Waals surface area contributed by atoms with Gasteiger partial charge < -0.3 is 9.80 Å². The molecule has 1 aliphatic heterocycles. The van der Waals surface area contributed by atoms with Gasteiger partial charge in [0.25, 0.3) is 0 Å². The van der Waals surface area contributed by atoms with Gasteiger partial charge in [0, 0.05) is 60.4 Å². The Morgan fingerprint density at radius 3 is 2.41 bits per heavy atom. The van der Waals surface area contributed by atoms with Crippen molar-refractivity contribution >= 4 is 29.0 Å². The molecule has 1 saturated heterocycles. The zero-order valence-corrected chi connectivity index (χ0v) is 21.6. The van der Waals surface area contributed by atoms with E-state index >= 15 is 0 Å². The molecule has 0 aliphatic carbocycles. The second-order valence-electron chi connectivity index (χ2n) is 8.93. The normalized spacial score (nSPS) is 14.9. The number of hydrogen-bond acceptors (Lipinski definition) is 4. The lowest BCUT2D eigenvalue weighted by atomic mass is 9.97. The highest BCUT2D eigenvalue weighted by Gasteiger charge is 2.34. The van der Waals surface area contributed by atoms with Crippen LogP contribution >= 0.6 is 11.3 Å². The van der Waals surface area contributed by atoms with Gasteiger partial charge in [-0.25, -0.2) is 9.37 Å². The van der Waals surface area contributed by atoms with Crippen LogP contribution in [0.4, 0.5) is 23.2 Å². The first-order valence-electron chi connectivity index (χ1n) is 12.3. The fraction of sp³-hybridized carbons (Fsp3) is 0.357. The molecule has 0 unspecified atom stereocenters. The molecule has 1 aliphatic rings. The highest BCUT2D eigenvalue weighted by molar-refractivity contribution is 7.10. The van der Waals surface area contributed by atoms with E-state index in [4.69, 9.17) is 4.98 Å². The smallest absolute Gasteiger partial charge is 0.372 e. The Morgan fingerprint density at radius 1 is 1.11 bits per heavy atom. The molecular formula is C28H29F4N3OS. The van der Waals surface area contributed by atoms with Crippen molar-refractivity contribution in [3.63, 3.8) is 0 Å². The van der Waals surface area contributed by atoms with Crippen LogP contribution in [0.25, 0.3) is 17.3 Å². The lowest BCUT2D eigenvalue weighted by Crippen LogP contribution is -2.36. The zero-order chi connectivity index (χ0) is 26.6. The van der Waals surface area contributed by atoms with Crippen molar-refractivity contribution in [3.8, 4) is 11.3 Å². The van der Waals surface area contributed by atoms with Crippen molar-refractivity contribution in [1.29, 1.82) is 0 Å². The maximum Gasteiger partial charge on any atom is 0.419 e. The molecule has 4 nitrogen and oxygen atoms in total. The maximum absolute atomic E-state index is 14.2. The Labute approximate surface area is 218 Å². The van der Waals surface area contributed by atoms with Gasteiger partial charge in [-0.2, -0.15) is 13.2 Å². The number of hydrogen-bond donors (Lipinski definition) is 0. The highest BCUT2D eigenvalue weighted by atomic mass is 32.1. The predicted octanol–water partition coefficient (Wildman–Crippen LogP) is 7.23. The molecule has 0 bridgehead atoms. The number of amides is 1. The number of thiazole rings is 1. The van der Waals surface area contributed by atoms with Gasteiger partial charge in [-0.05, 0) is 51.0 Å². The number of rotatable bonds is 7. The molecule has 1 aromatic heterocycles. The molecule has 0 N–H and O–H groups in total. The van der Waals surface area contributed by atoms with Crippen molar-refractivity contribution < 1.29 is 22.4 Å². The van der Waals surface area contributed by atoms with Crippen molar-refractivity contribution in [2.75, 3.05) is 31.1 Å². The lowest BCUT2D eigenvalue weighted by molar-refractivity contribution is -0.140. The minimum absolute atomic E-state index is 0.239. The Bertz CT molecular complexity index is 1240. The van der Waals surface area contributed by atoms with Crippen molar-refractivity contribution in [3.05, 3.63) is 75.9 Å². The average Bonchev–Trinajstić information content (AvgIpc) is 3.39. The van der Waals surface area contributed by atoms with Gasteiger partial charge in [0.1, 0.15) is 5.82 Å². The minimum Gasteiger partial charge on any atom is -0.372 e. The molecule has 3 aromatic rings. The van der Waals surface area contributed by atoms with Crippen LogP contribution in [-0.2, 0) is 11.0 Å². The molecule has 2 aromatic carbocycles. The summed E-state index contributed by atoms with van der Waals surface area (Å²) in [6, 6.07) is 11.4. The monoisotopic (exact) mass is 531 g/mol. The van der Waals surface area contributed by atoms with E-state index in [0.29, 0.717) is 19.2 Å². The first kappa shape index (κ1) is 26.9. The fourth-order valence-corrected chi connectivity index (χ4v) is 5.55. The number of benzene rings is 2. The predicted molar refractivity (Wildman–Crippen MR) is 140 cm³/mol. The molecule has 37 heavy (non-hydrogen) atoms. The lowest BCUT2D eigenvalue weighted by Gasteiger charge is -2.30. The van der Waals surface area contributed by atoms with Gasteiger partial charge >= 0.3 is 6.18 Å². The van der Waals surface area contributed by atoms with Crippen LogP contribution in [0.5, 0.6) is 0 Å². The molecule has 0 radical (unpaired) electrons. The molecule has 2 heterocycles. The first-order valence-corrected chi connectivity index (χ1v) is 13.2. The molecule has 0 saturated carbocycles. The number of piperidine rings is 1. The van der Waals surface area contributed by atoms with E-state index in [0.717, 1.165) is 60.4 Å². The molecule has 1 amide bonds. The third-order valence-corrected chi connectivity index (χ3v) is 7.72. The number of anilines is 1. The summed E-state index contributed by atoms with van der Waals surface area (Å²) in [5, 5.41) is 3.10. The molecule has 0 atom stereocenters. The van der Waals surface area contributed by atoms with Gasteiger partial charge in [-0.1, -0.05) is 24.3 Å². The van der Waals surface area contributed by atoms with Crippen LogP contribution in [-0.4, -0.2) is 42.0 Å². The largest absolute Gasteiger partial charge is 0.419 e. The third kappa shape index (κ3) is 6.21. The average molecular weight is 532 g/mol. The van der Waals surface area contributed by atoms with E-state index in [1.165, 1.54) is 11.8 Å². The Balaban J connectivity index is 1.35. The molecular weight excluding hydrogens is 502 g/mol. The number of carbonyl (C=O) groups is 1. The summed E-state index contributed by atoms with van der Waals surface area (Å²) < 4.78 is 53.0. The summed E-state index contributed by atoms with van der Waals surface area (Å²) in [6.07, 6.45) is -1.05. The highest BCUT2D eigenvalue weighted by Crippen LogP contribution is 2.34. The summed E-state index contributed by atoms with van der Waals surface area (Å²) in [6.45, 7) is 7.19. The first-order chi connectivity index (χ1) is 17.7. The number of likely N-dealkylation sites (tertiary alicyclic amines) is 1. The number of nitrogens with zero attached hydrogens (tertiary/aromatic N) is 3. The van der Waals surface area contributed by atoms with E-state index in [-0.39, 0.29) is 17.4 Å². The molecule has 0 spiro atoms. The SMILES string of the molecule is CCN(CC)c1ccc(-c2csc(C3CCN(C(=O)C=Cc4cccc(C(F)(F)F)c4F)CC3)n2)cc1. The van der Waals surface area contributed by atoms with E-state index in [1.807, 2.05) is 0 Å². The van der Waals surface area contributed by atoms with Gasteiger partial charge in [-0.15, -0.1) is 11.3 Å². The number of halogens is 4. The fourth-order valence-electron chi connectivity index (χ4n) is 4.55. The van der Waals surface area contributed by atoms with Crippen LogP contribution < -0.4 is 4.90 Å². The molecule has 1 fully saturated rings. The van der Waals surface area contributed by atoms with Gasteiger partial charge in [0.2, 0.25) is 5.91 Å². The summed E-state index contributed by atoms with van der Waals surface area (Å²) in [5.74, 6) is -1.48. The van der Waals surface area contributed by atoms with Gasteiger partial charge in [0.05, 0.1) is 16.3 Å². The molecule has 196 valence electrons. The Morgan fingerprint density at radius 2 is 1.78 bits per heavy atom. The van der Waals surface area contributed by atoms with Crippen LogP contribution in [0.2, 0.25) is 0 Å². The Kier molecular flexibility index (Phi) is 8.32. The second kappa shape index (κ2) is 11.5. The minimum atomic E-state index is -4.79. The van der Waals surface area contributed by atoms with E-state index in [1.54, 1.807) is 16.2 Å². The van der Waals surface area contributed by atoms with Crippen LogP contribution in [0.3, 0.4) is 0 Å². The van der Waals surface area contributed by atoms with Crippen molar-refractivity contribution in [2.45, 2.75) is 38.8 Å². The standard InChI is InChI=1S/C28H29F4N3OS/c1-3-34(4-2)22-11-8-19(9-12-22)24-18-37-27(33-24)21-14-16-35(17-15-21)25(36)13-10-20-6-5-7-23(26(20)29)28(30,31)32/h5-13,18,21H,3-4,14-17H2,1-2H3. The van der Waals surface area contributed by atoms with Crippen molar-refractivity contribution in [2.24, 2.45) is 0 Å². The number of alkyl halides is 3. The number of carbonyl (C=O) groups excluding carboxylic acids is 1. The van der Waals surface area contributed by atoms with E-state index < -0.39 is 17.6 Å². The second-order valence-corrected chi connectivity index (χ2v) is 9.82. The third-order valence-electron chi connectivity index (χ3n) is 6.71. The van der Waals surface area contributed by atoms with Gasteiger partial charge in [0.15, 0.2) is 0 Å². The maximum atomic E-state index is 14.2. The Hall–Kier alpha value is -3.20. The summed E-state index contributed by atoms with van der Waals surface area (Å²) in [7, 11) is 0. The molecule has 4 rings (SSSR count). The van der Waals surface area contributed by atoms with E-state index in [2.05, 4.69) is 48.4 Å². The zero-order valence-electron chi connectivity index (χ0n) is 20.8. The van der Waals surface area contributed by atoms with Crippen molar-refractivity contribution in [1.82, 2.24) is 9.88 Å². The molecule has 9 heteroatoms. The van der Waals surface area contributed by atoms with E-state index in [9.17, 15) is 22.4 Å². The summed E-state index contributed by atoms with van der Waals surface area (Å²) >= 11 is 1.62. The van der Waals surface area contributed by atoms with Crippen LogP contribution in [0.1, 0.15) is 48.7 Å². The summed E-state index contributed by atoms with van der Waals surface area (Å²) in [4.78, 5) is 21.4. The van der Waals surface area contributed by atoms with Gasteiger partial charge in [-0.3, -0.25) is 4.79 Å². The quantitative estimate of drug-likeness (QED) is 0.238. The topological polar surface area (TPSA) is 36.4 Å².